The van der Waals surface area contributed by atoms with Crippen molar-refractivity contribution in [1.29, 1.82) is 0 Å². The van der Waals surface area contributed by atoms with E-state index in [0.29, 0.717) is 5.57 Å². The molecule has 5 heteroatoms. The molecule has 0 aromatic carbocycles. The van der Waals surface area contributed by atoms with E-state index in [-0.39, 0.29) is 29.8 Å². The zero-order valence-corrected chi connectivity index (χ0v) is 9.96. The predicted octanol–water partition coefficient (Wildman–Crippen LogP) is 0.953. The lowest BCUT2D eigenvalue weighted by Gasteiger charge is -2.25. The van der Waals surface area contributed by atoms with E-state index in [1.54, 1.807) is 6.92 Å². The van der Waals surface area contributed by atoms with Crippen LogP contribution in [-0.4, -0.2) is 30.2 Å². The summed E-state index contributed by atoms with van der Waals surface area (Å²) in [4.78, 5) is 26.8. The van der Waals surface area contributed by atoms with E-state index in [0.717, 1.165) is 6.42 Å². The molecule has 2 aliphatic carbocycles. The van der Waals surface area contributed by atoms with Crippen LogP contribution in [-0.2, 0) is 19.1 Å². The van der Waals surface area contributed by atoms with Gasteiger partial charge in [-0.25, -0.2) is 11.4 Å². The van der Waals surface area contributed by atoms with Gasteiger partial charge >= 0.3 is 11.9 Å². The molecule has 0 radical (unpaired) electrons. The van der Waals surface area contributed by atoms with Crippen molar-refractivity contribution in [3.05, 3.63) is 23.6 Å². The zero-order chi connectivity index (χ0) is 13.0. The Morgan fingerprint density at radius 3 is 2.89 bits per heavy atom. The number of hydrogen-bond acceptors (Lipinski definition) is 4. The van der Waals surface area contributed by atoms with Gasteiger partial charge in [0.05, 0.1) is 5.92 Å². The van der Waals surface area contributed by atoms with Crippen molar-refractivity contribution in [3.63, 3.8) is 0 Å². The summed E-state index contributed by atoms with van der Waals surface area (Å²) in [5.74, 6) is -1.11. The summed E-state index contributed by atoms with van der Waals surface area (Å²) in [5, 5.41) is 0. The lowest BCUT2D eigenvalue weighted by molar-refractivity contribution is -0.158. The van der Waals surface area contributed by atoms with Crippen LogP contribution in [0.2, 0.25) is 0 Å². The second-order valence-electron chi connectivity index (χ2n) is 5.26. The molecule has 0 N–H and O–H groups in total. The van der Waals surface area contributed by atoms with E-state index < -0.39 is 18.1 Å². The number of carbonyl (C=O) groups is 2. The number of rotatable bonds is 2. The van der Waals surface area contributed by atoms with Gasteiger partial charge in [0.25, 0.3) is 0 Å². The van der Waals surface area contributed by atoms with Crippen molar-refractivity contribution in [2.45, 2.75) is 31.6 Å². The van der Waals surface area contributed by atoms with Crippen molar-refractivity contribution < 1.29 is 19.1 Å². The Labute approximate surface area is 105 Å². The molecule has 1 saturated heterocycles. The van der Waals surface area contributed by atoms with Gasteiger partial charge < -0.3 is 14.3 Å². The number of carbonyl (C=O) groups excluding carboxylic acids is 2. The molecular weight excluding hydrogens is 234 g/mol. The van der Waals surface area contributed by atoms with Crippen LogP contribution in [0.5, 0.6) is 0 Å². The molecule has 6 unspecified atom stereocenters. The lowest BCUT2D eigenvalue weighted by atomic mass is 9.84. The lowest BCUT2D eigenvalue weighted by Crippen LogP contribution is -2.41. The predicted molar refractivity (Wildman–Crippen MR) is 60.1 cm³/mol. The summed E-state index contributed by atoms with van der Waals surface area (Å²) >= 11 is 0. The first-order valence-electron chi connectivity index (χ1n) is 5.98. The molecule has 2 saturated carbocycles. The molecule has 3 fully saturated rings. The fourth-order valence-corrected chi connectivity index (χ4v) is 3.51. The van der Waals surface area contributed by atoms with E-state index in [9.17, 15) is 9.59 Å². The number of hydrogen-bond donors (Lipinski definition) is 0. The quantitative estimate of drug-likeness (QED) is 0.414. The fourth-order valence-electron chi connectivity index (χ4n) is 3.51. The molecule has 1 heterocycles. The normalized spacial score (nSPS) is 43.4. The summed E-state index contributed by atoms with van der Waals surface area (Å²) in [5.41, 5.74) is 0.318. The SMILES string of the molecule is [C-]#[N+]C1C2CC3C(OC(=O)C31)C2OC(=O)C(=C)C. The average Bonchev–Trinajstić information content (AvgIpc) is 2.91. The number of fused-ring (bicyclic) bond motifs is 1. The van der Waals surface area contributed by atoms with Gasteiger partial charge in [-0.1, -0.05) is 6.58 Å². The highest BCUT2D eigenvalue weighted by Crippen LogP contribution is 2.56. The third kappa shape index (κ3) is 1.26. The van der Waals surface area contributed by atoms with E-state index >= 15 is 0 Å². The van der Waals surface area contributed by atoms with Crippen molar-refractivity contribution in [2.24, 2.45) is 17.8 Å². The Kier molecular flexibility index (Phi) is 2.24. The number of ether oxygens (including phenoxy) is 2. The summed E-state index contributed by atoms with van der Waals surface area (Å²) in [7, 11) is 0. The number of esters is 2. The van der Waals surface area contributed by atoms with Crippen LogP contribution in [0.3, 0.4) is 0 Å². The van der Waals surface area contributed by atoms with Gasteiger partial charge in [-0.05, 0) is 13.3 Å². The van der Waals surface area contributed by atoms with Crippen LogP contribution < -0.4 is 0 Å². The van der Waals surface area contributed by atoms with Crippen molar-refractivity contribution >= 4 is 11.9 Å². The summed E-state index contributed by atoms with van der Waals surface area (Å²) < 4.78 is 10.6. The minimum Gasteiger partial charge on any atom is -0.458 e. The smallest absolute Gasteiger partial charge is 0.333 e. The summed E-state index contributed by atoms with van der Waals surface area (Å²) in [6.07, 6.45) is -0.0859. The zero-order valence-electron chi connectivity index (χ0n) is 9.96. The maximum Gasteiger partial charge on any atom is 0.333 e. The Hall–Kier alpha value is -1.83. The average molecular weight is 247 g/mol. The monoisotopic (exact) mass is 247 g/mol. The Morgan fingerprint density at radius 2 is 2.28 bits per heavy atom. The van der Waals surface area contributed by atoms with Crippen LogP contribution in [0.25, 0.3) is 4.85 Å². The highest BCUT2D eigenvalue weighted by molar-refractivity contribution is 5.87. The Bertz CT molecular complexity index is 492. The van der Waals surface area contributed by atoms with Crippen LogP contribution in [0.4, 0.5) is 0 Å². The fraction of sp³-hybridized carbons (Fsp3) is 0.615. The van der Waals surface area contributed by atoms with E-state index in [1.165, 1.54) is 0 Å². The van der Waals surface area contributed by atoms with Crippen LogP contribution in [0.15, 0.2) is 12.2 Å². The van der Waals surface area contributed by atoms with Gasteiger partial charge in [0.15, 0.2) is 0 Å². The first-order valence-corrected chi connectivity index (χ1v) is 5.98. The molecule has 0 aromatic rings. The molecule has 3 rings (SSSR count). The van der Waals surface area contributed by atoms with Crippen molar-refractivity contribution in [1.82, 2.24) is 0 Å². The number of nitrogens with zero attached hydrogens (tertiary/aromatic N) is 1. The van der Waals surface area contributed by atoms with E-state index in [2.05, 4.69) is 11.4 Å². The van der Waals surface area contributed by atoms with E-state index in [1.807, 2.05) is 0 Å². The summed E-state index contributed by atoms with van der Waals surface area (Å²) in [6, 6.07) is -0.399. The Morgan fingerprint density at radius 1 is 1.56 bits per heavy atom. The van der Waals surface area contributed by atoms with Gasteiger partial charge in [0.2, 0.25) is 6.04 Å². The molecule has 0 amide bonds. The van der Waals surface area contributed by atoms with Crippen LogP contribution in [0.1, 0.15) is 13.3 Å². The molecule has 6 atom stereocenters. The minimum atomic E-state index is -0.476. The molecular formula is C13H13NO4. The maximum atomic E-state index is 11.7. The largest absolute Gasteiger partial charge is 0.458 e. The van der Waals surface area contributed by atoms with Gasteiger partial charge in [-0.15, -0.1) is 0 Å². The maximum absolute atomic E-state index is 11.7. The molecule has 2 bridgehead atoms. The minimum absolute atomic E-state index is 0.0459. The van der Waals surface area contributed by atoms with Crippen LogP contribution >= 0.6 is 0 Å². The van der Waals surface area contributed by atoms with Gasteiger partial charge in [0, 0.05) is 11.5 Å². The second kappa shape index (κ2) is 3.58. The highest BCUT2D eigenvalue weighted by Gasteiger charge is 2.71. The first kappa shape index (κ1) is 11.3. The molecule has 5 nitrogen and oxygen atoms in total. The standard InChI is InChI=1S/C13H13NO4/c1-5(2)12(15)17-11-7-4-6-8(9(7)14-3)13(16)18-10(6)11/h6-11H,1,4H2,2H3. The van der Waals surface area contributed by atoms with Gasteiger partial charge in [0.1, 0.15) is 18.1 Å². The van der Waals surface area contributed by atoms with E-state index in [4.69, 9.17) is 16.0 Å². The molecule has 94 valence electrons. The Balaban J connectivity index is 1.87. The topological polar surface area (TPSA) is 57.0 Å². The second-order valence-corrected chi connectivity index (χ2v) is 5.26. The third-order valence-electron chi connectivity index (χ3n) is 4.25. The van der Waals surface area contributed by atoms with Crippen molar-refractivity contribution in [3.8, 4) is 0 Å². The molecule has 1 aliphatic heterocycles. The molecule has 0 aromatic heterocycles. The highest BCUT2D eigenvalue weighted by atomic mass is 16.6. The van der Waals surface area contributed by atoms with Gasteiger partial charge in [-0.3, -0.25) is 4.79 Å². The third-order valence-corrected chi connectivity index (χ3v) is 4.25. The van der Waals surface area contributed by atoms with Crippen molar-refractivity contribution in [2.75, 3.05) is 0 Å². The van der Waals surface area contributed by atoms with Gasteiger partial charge in [-0.2, -0.15) is 0 Å². The molecule has 3 aliphatic rings. The van der Waals surface area contributed by atoms with Crippen LogP contribution in [0, 0.1) is 24.3 Å². The molecule has 18 heavy (non-hydrogen) atoms. The summed E-state index contributed by atoms with van der Waals surface area (Å²) in [6.45, 7) is 12.3. The first-order chi connectivity index (χ1) is 8.54. The molecule has 0 spiro atoms.